The maximum absolute atomic E-state index is 13.1. The number of carbonyl (C=O) groups excluding carboxylic acids is 1. The van der Waals surface area contributed by atoms with Gasteiger partial charge in [-0.25, -0.2) is 9.38 Å². The van der Waals surface area contributed by atoms with Gasteiger partial charge >= 0.3 is 0 Å². The van der Waals surface area contributed by atoms with Crippen LogP contribution in [0.15, 0.2) is 65.5 Å². The molecular weight excluding hydrogens is 498 g/mol. The van der Waals surface area contributed by atoms with Crippen molar-refractivity contribution in [2.75, 3.05) is 18.5 Å². The lowest BCUT2D eigenvalue weighted by Crippen LogP contribution is -2.22. The van der Waals surface area contributed by atoms with Crippen molar-refractivity contribution in [3.63, 3.8) is 0 Å². The van der Waals surface area contributed by atoms with Gasteiger partial charge in [0.25, 0.3) is 11.5 Å². The number of benzene rings is 3. The summed E-state index contributed by atoms with van der Waals surface area (Å²) in [6.07, 6.45) is 1.75. The normalized spacial score (nSPS) is 11.8. The Morgan fingerprint density at radius 2 is 1.92 bits per heavy atom. The molecule has 0 spiro atoms. The number of aryl methyl sites for hydroxylation is 1. The zero-order valence-corrected chi connectivity index (χ0v) is 21.2. The van der Waals surface area contributed by atoms with Gasteiger partial charge in [-0.2, -0.15) is 0 Å². The van der Waals surface area contributed by atoms with Crippen LogP contribution in [-0.2, 0) is 4.79 Å². The van der Waals surface area contributed by atoms with Crippen LogP contribution in [-0.4, -0.2) is 28.5 Å². The molecule has 0 radical (unpaired) electrons. The van der Waals surface area contributed by atoms with E-state index in [1.807, 2.05) is 62.4 Å². The smallest absolute Gasteiger partial charge is 0.274 e. The van der Waals surface area contributed by atoms with Crippen LogP contribution >= 0.6 is 22.9 Å². The zero-order valence-electron chi connectivity index (χ0n) is 19.6. The maximum atomic E-state index is 13.1. The summed E-state index contributed by atoms with van der Waals surface area (Å²) in [7, 11) is 0. The SMILES string of the molecule is CCOc1cc(C=c2sc3nc4ccccc4n3c2=O)cc(Cl)c1OCC(=O)Nc1ccc(C)cc1. The van der Waals surface area contributed by atoms with E-state index in [2.05, 4.69) is 10.3 Å². The van der Waals surface area contributed by atoms with E-state index in [-0.39, 0.29) is 28.8 Å². The van der Waals surface area contributed by atoms with Gasteiger partial charge in [-0.15, -0.1) is 0 Å². The number of rotatable bonds is 7. The number of imidazole rings is 1. The lowest BCUT2D eigenvalue weighted by atomic mass is 10.2. The van der Waals surface area contributed by atoms with Crippen LogP contribution < -0.4 is 24.9 Å². The number of amides is 1. The Labute approximate surface area is 215 Å². The van der Waals surface area contributed by atoms with Gasteiger partial charge in [-0.1, -0.05) is 52.8 Å². The van der Waals surface area contributed by atoms with Crippen molar-refractivity contribution >= 4 is 56.6 Å². The fourth-order valence-electron chi connectivity index (χ4n) is 3.81. The zero-order chi connectivity index (χ0) is 25.2. The van der Waals surface area contributed by atoms with E-state index in [0.717, 1.165) is 16.6 Å². The van der Waals surface area contributed by atoms with Gasteiger partial charge in [0, 0.05) is 5.69 Å². The molecule has 0 saturated carbocycles. The molecule has 5 aromatic rings. The molecule has 0 aliphatic carbocycles. The number of hydrogen-bond donors (Lipinski definition) is 1. The molecule has 2 aromatic heterocycles. The van der Waals surface area contributed by atoms with Crippen LogP contribution in [0.1, 0.15) is 18.1 Å². The van der Waals surface area contributed by atoms with Crippen molar-refractivity contribution in [1.29, 1.82) is 0 Å². The number of carbonyl (C=O) groups is 1. The lowest BCUT2D eigenvalue weighted by Gasteiger charge is -2.14. The van der Waals surface area contributed by atoms with Gasteiger partial charge in [0.1, 0.15) is 0 Å². The number of aromatic nitrogens is 2. The topological polar surface area (TPSA) is 81.9 Å². The molecule has 1 amide bonds. The molecule has 7 nitrogen and oxygen atoms in total. The van der Waals surface area contributed by atoms with E-state index < -0.39 is 0 Å². The molecule has 0 bridgehead atoms. The first kappa shape index (κ1) is 23.8. The highest BCUT2D eigenvalue weighted by atomic mass is 35.5. The number of anilines is 1. The molecule has 0 aliphatic rings. The molecule has 0 aliphatic heterocycles. The third-order valence-electron chi connectivity index (χ3n) is 5.46. The average Bonchev–Trinajstić information content (AvgIpc) is 3.36. The fourth-order valence-corrected chi connectivity index (χ4v) is 5.07. The quantitative estimate of drug-likeness (QED) is 0.333. The van der Waals surface area contributed by atoms with E-state index in [9.17, 15) is 9.59 Å². The van der Waals surface area contributed by atoms with Gasteiger partial charge in [0.2, 0.25) is 0 Å². The minimum atomic E-state index is -0.321. The first-order valence-corrected chi connectivity index (χ1v) is 12.5. The summed E-state index contributed by atoms with van der Waals surface area (Å²) in [6, 6.07) is 18.4. The van der Waals surface area contributed by atoms with Crippen LogP contribution in [0.25, 0.3) is 22.1 Å². The molecule has 182 valence electrons. The van der Waals surface area contributed by atoms with Crippen molar-refractivity contribution in [3.8, 4) is 11.5 Å². The summed E-state index contributed by atoms with van der Waals surface area (Å²) in [6.45, 7) is 3.95. The second-order valence-electron chi connectivity index (χ2n) is 8.10. The number of para-hydroxylation sites is 2. The summed E-state index contributed by atoms with van der Waals surface area (Å²) in [5.74, 6) is 0.334. The van der Waals surface area contributed by atoms with Gasteiger partial charge < -0.3 is 14.8 Å². The van der Waals surface area contributed by atoms with Crippen LogP contribution in [0.5, 0.6) is 11.5 Å². The van der Waals surface area contributed by atoms with Crippen LogP contribution in [0.4, 0.5) is 5.69 Å². The number of thiazole rings is 1. The number of fused-ring (bicyclic) bond motifs is 3. The summed E-state index contributed by atoms with van der Waals surface area (Å²) in [5.41, 5.74) is 3.86. The minimum absolute atomic E-state index is 0.147. The number of hydrogen-bond acceptors (Lipinski definition) is 6. The Balaban J connectivity index is 1.42. The third-order valence-corrected chi connectivity index (χ3v) is 6.71. The molecule has 3 aromatic carbocycles. The van der Waals surface area contributed by atoms with Crippen molar-refractivity contribution < 1.29 is 14.3 Å². The van der Waals surface area contributed by atoms with Crippen LogP contribution in [0.2, 0.25) is 5.02 Å². The number of nitrogens with one attached hydrogen (secondary N) is 1. The predicted octanol–water partition coefficient (Wildman–Crippen LogP) is 4.83. The summed E-state index contributed by atoms with van der Waals surface area (Å²) >= 11 is 7.83. The first-order valence-electron chi connectivity index (χ1n) is 11.3. The Morgan fingerprint density at radius 3 is 2.69 bits per heavy atom. The Kier molecular flexibility index (Phi) is 6.63. The largest absolute Gasteiger partial charge is 0.490 e. The van der Waals surface area contributed by atoms with E-state index in [1.165, 1.54) is 11.3 Å². The monoisotopic (exact) mass is 519 g/mol. The predicted molar refractivity (Wildman–Crippen MR) is 144 cm³/mol. The van der Waals surface area contributed by atoms with E-state index in [1.54, 1.807) is 22.6 Å². The molecule has 5 rings (SSSR count). The van der Waals surface area contributed by atoms with Crippen molar-refractivity contribution in [3.05, 3.63) is 91.7 Å². The second-order valence-corrected chi connectivity index (χ2v) is 9.52. The molecule has 0 saturated heterocycles. The van der Waals surface area contributed by atoms with Crippen LogP contribution in [0.3, 0.4) is 0 Å². The first-order chi connectivity index (χ1) is 17.4. The van der Waals surface area contributed by atoms with Gasteiger partial charge in [0.15, 0.2) is 23.1 Å². The number of halogens is 1. The molecule has 36 heavy (non-hydrogen) atoms. The van der Waals surface area contributed by atoms with E-state index in [0.29, 0.717) is 33.1 Å². The maximum Gasteiger partial charge on any atom is 0.274 e. The molecule has 2 heterocycles. The Bertz CT molecular complexity index is 1690. The minimum Gasteiger partial charge on any atom is -0.490 e. The Morgan fingerprint density at radius 1 is 1.14 bits per heavy atom. The molecular formula is C27H22ClN3O4S. The average molecular weight is 520 g/mol. The van der Waals surface area contributed by atoms with Crippen molar-refractivity contribution in [1.82, 2.24) is 9.38 Å². The van der Waals surface area contributed by atoms with E-state index >= 15 is 0 Å². The second kappa shape index (κ2) is 10.0. The standard InChI is InChI=1S/C27H22ClN3O4S/c1-3-34-22-13-17(14-23-26(33)31-21-7-5-4-6-20(21)30-27(31)36-23)12-19(28)25(22)35-15-24(32)29-18-10-8-16(2)9-11-18/h4-14H,3,15H2,1-2H3,(H,29,32). The van der Waals surface area contributed by atoms with E-state index in [4.69, 9.17) is 21.1 Å². The third kappa shape index (κ3) is 4.78. The molecule has 0 atom stereocenters. The van der Waals surface area contributed by atoms with Crippen molar-refractivity contribution in [2.45, 2.75) is 13.8 Å². The number of nitrogens with zero attached hydrogens (tertiary/aromatic N) is 2. The summed E-state index contributed by atoms with van der Waals surface area (Å²) < 4.78 is 13.6. The lowest BCUT2D eigenvalue weighted by molar-refractivity contribution is -0.118. The number of ether oxygens (including phenoxy) is 2. The highest BCUT2D eigenvalue weighted by Crippen LogP contribution is 2.37. The molecule has 9 heteroatoms. The van der Waals surface area contributed by atoms with Crippen molar-refractivity contribution in [2.24, 2.45) is 0 Å². The molecule has 1 N–H and O–H groups in total. The molecule has 0 fully saturated rings. The van der Waals surface area contributed by atoms with Gasteiger partial charge in [-0.05, 0) is 61.9 Å². The molecule has 0 unspecified atom stereocenters. The fraction of sp³-hybridized carbons (Fsp3) is 0.148. The summed E-state index contributed by atoms with van der Waals surface area (Å²) in [4.78, 5) is 30.6. The van der Waals surface area contributed by atoms with Crippen LogP contribution in [0, 0.1) is 6.92 Å². The highest BCUT2D eigenvalue weighted by molar-refractivity contribution is 7.15. The van der Waals surface area contributed by atoms with Gasteiger partial charge in [-0.3, -0.25) is 9.59 Å². The summed E-state index contributed by atoms with van der Waals surface area (Å²) in [5, 5.41) is 3.06. The highest BCUT2D eigenvalue weighted by Gasteiger charge is 2.15. The Hall–Kier alpha value is -3.88. The van der Waals surface area contributed by atoms with Gasteiger partial charge in [0.05, 0.1) is 27.2 Å².